The molecule has 0 fully saturated rings. The monoisotopic (exact) mass is 240 g/mol. The van der Waals surface area contributed by atoms with Gasteiger partial charge in [0.05, 0.1) is 0 Å². The second-order valence-electron chi connectivity index (χ2n) is 3.51. The highest BCUT2D eigenvalue weighted by atomic mass is 32.2. The van der Waals surface area contributed by atoms with Gasteiger partial charge in [-0.05, 0) is 30.7 Å². The third-order valence-corrected chi connectivity index (χ3v) is 2.93. The van der Waals surface area contributed by atoms with Gasteiger partial charge in [0, 0.05) is 40.6 Å². The molecule has 1 aromatic rings. The molecule has 5 heteroatoms. The Kier molecular flexibility index (Phi) is 4.98. The van der Waals surface area contributed by atoms with Crippen LogP contribution in [0.2, 0.25) is 0 Å². The van der Waals surface area contributed by atoms with Crippen molar-refractivity contribution in [3.05, 3.63) is 29.8 Å². The number of hydrogen-bond acceptors (Lipinski definition) is 3. The summed E-state index contributed by atoms with van der Waals surface area (Å²) in [5.74, 6) is 0.490. The van der Waals surface area contributed by atoms with Gasteiger partial charge < -0.3 is 11.1 Å². The van der Waals surface area contributed by atoms with Gasteiger partial charge in [0.15, 0.2) is 0 Å². The standard InChI is InChI=1S/C11H16N2O2S/c1-16(15)8-2-7-13-11(14)9-3-5-10(12)6-4-9/h3-6H,2,7-8,12H2,1H3,(H,13,14). The quantitative estimate of drug-likeness (QED) is 0.590. The first-order chi connectivity index (χ1) is 7.59. The van der Waals surface area contributed by atoms with E-state index in [1.807, 2.05) is 0 Å². The average Bonchev–Trinajstić information content (AvgIpc) is 2.25. The van der Waals surface area contributed by atoms with Crippen molar-refractivity contribution in [1.82, 2.24) is 5.32 Å². The molecule has 4 nitrogen and oxygen atoms in total. The van der Waals surface area contributed by atoms with Crippen molar-refractivity contribution in [3.63, 3.8) is 0 Å². The summed E-state index contributed by atoms with van der Waals surface area (Å²) in [6, 6.07) is 6.75. The Bertz CT molecular complexity index is 376. The average molecular weight is 240 g/mol. The topological polar surface area (TPSA) is 72.2 Å². The molecule has 0 bridgehead atoms. The van der Waals surface area contributed by atoms with E-state index in [1.165, 1.54) is 0 Å². The van der Waals surface area contributed by atoms with Gasteiger partial charge in [-0.2, -0.15) is 0 Å². The number of nitrogen functional groups attached to an aromatic ring is 1. The zero-order chi connectivity index (χ0) is 12.0. The van der Waals surface area contributed by atoms with Crippen LogP contribution in [0.25, 0.3) is 0 Å². The summed E-state index contributed by atoms with van der Waals surface area (Å²) in [5.41, 5.74) is 6.74. The summed E-state index contributed by atoms with van der Waals surface area (Å²) >= 11 is 0. The highest BCUT2D eigenvalue weighted by Crippen LogP contribution is 2.04. The molecule has 1 atom stereocenters. The van der Waals surface area contributed by atoms with Crippen molar-refractivity contribution in [1.29, 1.82) is 0 Å². The SMILES string of the molecule is CS(=O)CCCNC(=O)c1ccc(N)cc1. The van der Waals surface area contributed by atoms with Crippen LogP contribution >= 0.6 is 0 Å². The van der Waals surface area contributed by atoms with Gasteiger partial charge in [-0.25, -0.2) is 0 Å². The molecule has 0 aliphatic rings. The van der Waals surface area contributed by atoms with E-state index in [1.54, 1.807) is 30.5 Å². The zero-order valence-corrected chi connectivity index (χ0v) is 10.0. The third-order valence-electron chi connectivity index (χ3n) is 2.07. The van der Waals surface area contributed by atoms with Crippen LogP contribution in [0, 0.1) is 0 Å². The third kappa shape index (κ3) is 4.44. The summed E-state index contributed by atoms with van der Waals surface area (Å²) in [4.78, 5) is 11.6. The van der Waals surface area contributed by atoms with Crippen LogP contribution < -0.4 is 11.1 Å². The Labute approximate surface area is 97.7 Å². The van der Waals surface area contributed by atoms with E-state index in [-0.39, 0.29) is 5.91 Å². The fourth-order valence-electron chi connectivity index (χ4n) is 1.21. The van der Waals surface area contributed by atoms with E-state index in [4.69, 9.17) is 5.73 Å². The molecule has 0 radical (unpaired) electrons. The fraction of sp³-hybridized carbons (Fsp3) is 0.364. The van der Waals surface area contributed by atoms with E-state index < -0.39 is 10.8 Å². The minimum atomic E-state index is -0.796. The largest absolute Gasteiger partial charge is 0.399 e. The molecule has 0 aliphatic carbocycles. The fourth-order valence-corrected chi connectivity index (χ4v) is 1.76. The van der Waals surface area contributed by atoms with E-state index in [0.29, 0.717) is 23.5 Å². The molecule has 1 rings (SSSR count). The Morgan fingerprint density at radius 3 is 2.56 bits per heavy atom. The summed E-state index contributed by atoms with van der Waals surface area (Å²) < 4.78 is 10.8. The molecular weight excluding hydrogens is 224 g/mol. The lowest BCUT2D eigenvalue weighted by Gasteiger charge is -2.04. The number of nitrogens with two attached hydrogens (primary N) is 1. The van der Waals surface area contributed by atoms with Crippen molar-refractivity contribution in [2.24, 2.45) is 0 Å². The number of amides is 1. The molecule has 0 heterocycles. The molecular formula is C11H16N2O2S. The van der Waals surface area contributed by atoms with Crippen LogP contribution in [0.1, 0.15) is 16.8 Å². The second-order valence-corrected chi connectivity index (χ2v) is 5.06. The van der Waals surface area contributed by atoms with E-state index in [0.717, 1.165) is 6.42 Å². The minimum absolute atomic E-state index is 0.123. The molecule has 1 amide bonds. The lowest BCUT2D eigenvalue weighted by molar-refractivity contribution is 0.0954. The van der Waals surface area contributed by atoms with Crippen molar-refractivity contribution in [2.75, 3.05) is 24.3 Å². The first kappa shape index (κ1) is 12.7. The summed E-state index contributed by atoms with van der Waals surface area (Å²) in [7, 11) is -0.796. The predicted octanol–water partition coefficient (Wildman–Crippen LogP) is 0.767. The lowest BCUT2D eigenvalue weighted by Crippen LogP contribution is -2.25. The van der Waals surface area contributed by atoms with Gasteiger partial charge in [0.1, 0.15) is 0 Å². The molecule has 0 aromatic heterocycles. The first-order valence-electron chi connectivity index (χ1n) is 5.03. The Morgan fingerprint density at radius 2 is 2.00 bits per heavy atom. The van der Waals surface area contributed by atoms with Gasteiger partial charge in [0.2, 0.25) is 0 Å². The molecule has 1 unspecified atom stereocenters. The summed E-state index contributed by atoms with van der Waals surface area (Å²) in [6.07, 6.45) is 2.38. The maximum Gasteiger partial charge on any atom is 0.251 e. The van der Waals surface area contributed by atoms with E-state index >= 15 is 0 Å². The second kappa shape index (κ2) is 6.27. The van der Waals surface area contributed by atoms with Gasteiger partial charge in [0.25, 0.3) is 5.91 Å². The molecule has 3 N–H and O–H groups in total. The van der Waals surface area contributed by atoms with Crippen molar-refractivity contribution in [2.45, 2.75) is 6.42 Å². The lowest BCUT2D eigenvalue weighted by atomic mass is 10.2. The maximum absolute atomic E-state index is 11.6. The van der Waals surface area contributed by atoms with Gasteiger partial charge in [-0.1, -0.05) is 0 Å². The van der Waals surface area contributed by atoms with Crippen molar-refractivity contribution < 1.29 is 9.00 Å². The number of anilines is 1. The number of carbonyl (C=O) groups excluding carboxylic acids is 1. The highest BCUT2D eigenvalue weighted by Gasteiger charge is 2.03. The Morgan fingerprint density at radius 1 is 1.38 bits per heavy atom. The van der Waals surface area contributed by atoms with Gasteiger partial charge >= 0.3 is 0 Å². The maximum atomic E-state index is 11.6. The summed E-state index contributed by atoms with van der Waals surface area (Å²) in [6.45, 7) is 0.544. The van der Waals surface area contributed by atoms with Gasteiger partial charge in [-0.3, -0.25) is 9.00 Å². The Hall–Kier alpha value is -1.36. The number of carbonyl (C=O) groups is 1. The van der Waals surface area contributed by atoms with Crippen LogP contribution in [-0.2, 0) is 10.8 Å². The predicted molar refractivity (Wildman–Crippen MR) is 66.7 cm³/mol. The van der Waals surface area contributed by atoms with Crippen LogP contribution in [-0.4, -0.2) is 28.7 Å². The van der Waals surface area contributed by atoms with Crippen LogP contribution in [0.3, 0.4) is 0 Å². The van der Waals surface area contributed by atoms with Gasteiger partial charge in [-0.15, -0.1) is 0 Å². The molecule has 88 valence electrons. The smallest absolute Gasteiger partial charge is 0.251 e. The molecule has 16 heavy (non-hydrogen) atoms. The number of rotatable bonds is 5. The molecule has 0 spiro atoms. The number of benzene rings is 1. The Balaban J connectivity index is 2.35. The van der Waals surface area contributed by atoms with E-state index in [2.05, 4.69) is 5.32 Å². The van der Waals surface area contributed by atoms with Crippen molar-refractivity contribution >= 4 is 22.4 Å². The molecule has 0 saturated carbocycles. The number of nitrogens with one attached hydrogen (secondary N) is 1. The normalized spacial score (nSPS) is 12.1. The van der Waals surface area contributed by atoms with Crippen molar-refractivity contribution in [3.8, 4) is 0 Å². The van der Waals surface area contributed by atoms with Crippen LogP contribution in [0.5, 0.6) is 0 Å². The summed E-state index contributed by atoms with van der Waals surface area (Å²) in [5, 5.41) is 2.76. The zero-order valence-electron chi connectivity index (χ0n) is 9.23. The van der Waals surface area contributed by atoms with E-state index in [9.17, 15) is 9.00 Å². The van der Waals surface area contributed by atoms with Crippen LogP contribution in [0.4, 0.5) is 5.69 Å². The van der Waals surface area contributed by atoms with Crippen LogP contribution in [0.15, 0.2) is 24.3 Å². The molecule has 0 aliphatic heterocycles. The minimum Gasteiger partial charge on any atom is -0.399 e. The number of hydrogen-bond donors (Lipinski definition) is 2. The highest BCUT2D eigenvalue weighted by molar-refractivity contribution is 7.84. The first-order valence-corrected chi connectivity index (χ1v) is 6.76. The molecule has 1 aromatic carbocycles. The molecule has 0 saturated heterocycles.